The number of amides is 1. The first-order valence-electron chi connectivity index (χ1n) is 7.22. The highest BCUT2D eigenvalue weighted by atomic mass is 16.5. The molecule has 0 radical (unpaired) electrons. The van der Waals surface area contributed by atoms with Crippen LogP contribution in [-0.4, -0.2) is 47.3 Å². The number of nitriles is 1. The first-order valence-corrected chi connectivity index (χ1v) is 7.22. The number of rotatable bonds is 2. The van der Waals surface area contributed by atoms with Gasteiger partial charge in [-0.2, -0.15) is 5.26 Å². The summed E-state index contributed by atoms with van der Waals surface area (Å²) in [6.07, 6.45) is 3.46. The summed E-state index contributed by atoms with van der Waals surface area (Å²) < 4.78 is 5.71. The SMILES string of the molecule is CC(C)/C=C(\C#N)C(=O)N1CC[C@]2(CCCO2)[C@H](O)C1. The fourth-order valence-corrected chi connectivity index (χ4v) is 2.98. The molecule has 0 aliphatic carbocycles. The molecular weight excluding hydrogens is 256 g/mol. The van der Waals surface area contributed by atoms with Crippen molar-refractivity contribution in [2.24, 2.45) is 5.92 Å². The zero-order chi connectivity index (χ0) is 14.8. The van der Waals surface area contributed by atoms with Crippen LogP contribution >= 0.6 is 0 Å². The molecule has 5 heteroatoms. The van der Waals surface area contributed by atoms with Crippen LogP contribution in [-0.2, 0) is 9.53 Å². The van der Waals surface area contributed by atoms with Crippen molar-refractivity contribution in [1.82, 2.24) is 4.90 Å². The topological polar surface area (TPSA) is 73.6 Å². The second kappa shape index (κ2) is 5.94. The second-order valence-electron chi connectivity index (χ2n) is 5.97. The second-order valence-corrected chi connectivity index (χ2v) is 5.97. The molecule has 0 saturated carbocycles. The van der Waals surface area contributed by atoms with Crippen LogP contribution < -0.4 is 0 Å². The van der Waals surface area contributed by atoms with Crippen LogP contribution in [0.4, 0.5) is 0 Å². The van der Waals surface area contributed by atoms with Gasteiger partial charge >= 0.3 is 0 Å². The molecule has 2 aliphatic heterocycles. The highest BCUT2D eigenvalue weighted by Gasteiger charge is 2.46. The van der Waals surface area contributed by atoms with Crippen LogP contribution in [0, 0.1) is 17.2 Å². The van der Waals surface area contributed by atoms with E-state index in [1.165, 1.54) is 0 Å². The van der Waals surface area contributed by atoms with Crippen molar-refractivity contribution in [3.63, 3.8) is 0 Å². The summed E-state index contributed by atoms with van der Waals surface area (Å²) in [6.45, 7) is 5.32. The van der Waals surface area contributed by atoms with E-state index in [0.29, 0.717) is 19.6 Å². The monoisotopic (exact) mass is 278 g/mol. The van der Waals surface area contributed by atoms with E-state index in [0.717, 1.165) is 12.8 Å². The molecule has 0 aromatic carbocycles. The van der Waals surface area contributed by atoms with Gasteiger partial charge in [0.25, 0.3) is 5.91 Å². The van der Waals surface area contributed by atoms with Crippen molar-refractivity contribution in [1.29, 1.82) is 5.26 Å². The Labute approximate surface area is 119 Å². The summed E-state index contributed by atoms with van der Waals surface area (Å²) in [5, 5.41) is 19.4. The van der Waals surface area contributed by atoms with Gasteiger partial charge in [0, 0.05) is 19.7 Å². The first kappa shape index (κ1) is 15.0. The lowest BCUT2D eigenvalue weighted by atomic mass is 9.86. The summed E-state index contributed by atoms with van der Waals surface area (Å²) in [5.74, 6) is -0.138. The van der Waals surface area contributed by atoms with Gasteiger partial charge in [-0.05, 0) is 25.2 Å². The van der Waals surface area contributed by atoms with E-state index in [4.69, 9.17) is 10.00 Å². The minimum Gasteiger partial charge on any atom is -0.388 e. The number of carbonyl (C=O) groups is 1. The molecule has 2 aliphatic rings. The summed E-state index contributed by atoms with van der Waals surface area (Å²) in [7, 11) is 0. The predicted octanol–water partition coefficient (Wildman–Crippen LogP) is 1.23. The van der Waals surface area contributed by atoms with Gasteiger partial charge in [-0.1, -0.05) is 19.9 Å². The number of hydrogen-bond donors (Lipinski definition) is 1. The quantitative estimate of drug-likeness (QED) is 0.609. The van der Waals surface area contributed by atoms with E-state index < -0.39 is 11.7 Å². The number of ether oxygens (including phenoxy) is 1. The summed E-state index contributed by atoms with van der Waals surface area (Å²) in [5.41, 5.74) is -0.304. The molecule has 0 unspecified atom stereocenters. The van der Waals surface area contributed by atoms with E-state index in [9.17, 15) is 9.90 Å². The minimum atomic E-state index is -0.665. The molecule has 0 aromatic rings. The van der Waals surface area contributed by atoms with Gasteiger partial charge in [-0.3, -0.25) is 4.79 Å². The Morgan fingerprint density at radius 1 is 1.55 bits per heavy atom. The molecule has 2 saturated heterocycles. The predicted molar refractivity (Wildman–Crippen MR) is 73.7 cm³/mol. The number of hydrogen-bond acceptors (Lipinski definition) is 4. The Balaban J connectivity index is 2.05. The first-order chi connectivity index (χ1) is 9.48. The molecule has 1 N–H and O–H groups in total. The molecular formula is C15H22N2O3. The van der Waals surface area contributed by atoms with Crippen molar-refractivity contribution >= 4 is 5.91 Å². The molecule has 2 heterocycles. The molecule has 110 valence electrons. The van der Waals surface area contributed by atoms with Gasteiger partial charge in [0.15, 0.2) is 0 Å². The van der Waals surface area contributed by atoms with Gasteiger partial charge in [-0.15, -0.1) is 0 Å². The van der Waals surface area contributed by atoms with E-state index in [1.807, 2.05) is 19.9 Å². The Morgan fingerprint density at radius 3 is 2.80 bits per heavy atom. The Bertz CT molecular complexity index is 445. The van der Waals surface area contributed by atoms with Crippen molar-refractivity contribution in [2.45, 2.75) is 44.8 Å². The highest BCUT2D eigenvalue weighted by molar-refractivity contribution is 5.97. The molecule has 0 aromatic heterocycles. The highest BCUT2D eigenvalue weighted by Crippen LogP contribution is 2.36. The van der Waals surface area contributed by atoms with Crippen LogP contribution in [0.1, 0.15) is 33.1 Å². The zero-order valence-electron chi connectivity index (χ0n) is 12.1. The van der Waals surface area contributed by atoms with Gasteiger partial charge in [0.1, 0.15) is 17.7 Å². The van der Waals surface area contributed by atoms with Crippen LogP contribution in [0.5, 0.6) is 0 Å². The molecule has 1 amide bonds. The number of aliphatic hydroxyl groups excluding tert-OH is 1. The maximum absolute atomic E-state index is 12.3. The lowest BCUT2D eigenvalue weighted by Gasteiger charge is -2.42. The van der Waals surface area contributed by atoms with Crippen LogP contribution in [0.15, 0.2) is 11.6 Å². The third-order valence-electron chi connectivity index (χ3n) is 4.08. The van der Waals surface area contributed by atoms with Crippen molar-refractivity contribution in [3.8, 4) is 6.07 Å². The molecule has 20 heavy (non-hydrogen) atoms. The lowest BCUT2D eigenvalue weighted by Crippen LogP contribution is -2.56. The molecule has 2 fully saturated rings. The van der Waals surface area contributed by atoms with Gasteiger partial charge in [-0.25, -0.2) is 0 Å². The molecule has 5 nitrogen and oxygen atoms in total. The van der Waals surface area contributed by atoms with E-state index in [1.54, 1.807) is 11.0 Å². The Kier molecular flexibility index (Phi) is 4.46. The molecule has 2 rings (SSSR count). The third-order valence-corrected chi connectivity index (χ3v) is 4.08. The van der Waals surface area contributed by atoms with Crippen LogP contribution in [0.2, 0.25) is 0 Å². The standard InChI is InChI=1S/C15H22N2O3/c1-11(2)8-12(9-16)14(19)17-6-5-15(13(18)10-17)4-3-7-20-15/h8,11,13,18H,3-7,10H2,1-2H3/b12-8+/t13-,15-/m1/s1. The summed E-state index contributed by atoms with van der Waals surface area (Å²) >= 11 is 0. The van der Waals surface area contributed by atoms with Crippen molar-refractivity contribution < 1.29 is 14.6 Å². The number of allylic oxidation sites excluding steroid dienone is 1. The van der Waals surface area contributed by atoms with Gasteiger partial charge in [0.05, 0.1) is 5.60 Å². The van der Waals surface area contributed by atoms with E-state index in [2.05, 4.69) is 0 Å². The smallest absolute Gasteiger partial charge is 0.264 e. The van der Waals surface area contributed by atoms with E-state index >= 15 is 0 Å². The molecule has 0 bridgehead atoms. The number of nitrogens with zero attached hydrogens (tertiary/aromatic N) is 2. The summed E-state index contributed by atoms with van der Waals surface area (Å²) in [6, 6.07) is 1.96. The Morgan fingerprint density at radius 2 is 2.30 bits per heavy atom. The maximum Gasteiger partial charge on any atom is 0.264 e. The average Bonchev–Trinajstić information content (AvgIpc) is 2.88. The van der Waals surface area contributed by atoms with Gasteiger partial charge in [0.2, 0.25) is 0 Å². The fourth-order valence-electron chi connectivity index (χ4n) is 2.98. The largest absolute Gasteiger partial charge is 0.388 e. The van der Waals surface area contributed by atoms with Gasteiger partial charge < -0.3 is 14.7 Å². The lowest BCUT2D eigenvalue weighted by molar-refractivity contribution is -0.149. The summed E-state index contributed by atoms with van der Waals surface area (Å²) in [4.78, 5) is 13.9. The van der Waals surface area contributed by atoms with Crippen LogP contribution in [0.3, 0.4) is 0 Å². The maximum atomic E-state index is 12.3. The molecule has 1 spiro atoms. The number of aliphatic hydroxyl groups is 1. The number of piperidine rings is 1. The fraction of sp³-hybridized carbons (Fsp3) is 0.733. The normalized spacial score (nSPS) is 30.9. The number of carbonyl (C=O) groups excluding carboxylic acids is 1. The Hall–Kier alpha value is -1.38. The number of β-amino-alcohol motifs (C(OH)–C–C–N with tert-alkyl or cyclic N) is 1. The number of likely N-dealkylation sites (tertiary alicyclic amines) is 1. The zero-order valence-corrected chi connectivity index (χ0v) is 12.1. The molecule has 2 atom stereocenters. The third kappa shape index (κ3) is 2.87. The van der Waals surface area contributed by atoms with E-state index in [-0.39, 0.29) is 23.9 Å². The van der Waals surface area contributed by atoms with Crippen molar-refractivity contribution in [2.75, 3.05) is 19.7 Å². The average molecular weight is 278 g/mol. The van der Waals surface area contributed by atoms with Crippen molar-refractivity contribution in [3.05, 3.63) is 11.6 Å². The minimum absolute atomic E-state index is 0.146. The van der Waals surface area contributed by atoms with Crippen LogP contribution in [0.25, 0.3) is 0 Å².